The maximum Gasteiger partial charge on any atom is 0.308 e. The van der Waals surface area contributed by atoms with E-state index in [2.05, 4.69) is 10.1 Å². The van der Waals surface area contributed by atoms with Crippen molar-refractivity contribution in [2.45, 2.75) is 31.7 Å². The van der Waals surface area contributed by atoms with E-state index in [4.69, 9.17) is 0 Å². The molecule has 0 radical (unpaired) electrons. The second-order valence-electron chi connectivity index (χ2n) is 5.17. The monoisotopic (exact) mass is 297 g/mol. The van der Waals surface area contributed by atoms with Gasteiger partial charge in [0, 0.05) is 6.04 Å². The van der Waals surface area contributed by atoms with Crippen molar-refractivity contribution in [2.75, 3.05) is 7.11 Å². The molecular weight excluding hydrogens is 280 g/mol. The minimum Gasteiger partial charge on any atom is -0.469 e. The molecule has 1 amide bonds. The normalized spacial score (nSPS) is 21.7. The molecule has 1 aliphatic carbocycles. The molecular formula is C15H17F2NO3. The highest BCUT2D eigenvalue weighted by Gasteiger charge is 2.28. The van der Waals surface area contributed by atoms with Gasteiger partial charge in [0.25, 0.3) is 5.91 Å². The first-order valence-electron chi connectivity index (χ1n) is 6.85. The summed E-state index contributed by atoms with van der Waals surface area (Å²) in [6.07, 6.45) is 2.46. The number of carbonyl (C=O) groups excluding carboxylic acids is 2. The molecule has 21 heavy (non-hydrogen) atoms. The van der Waals surface area contributed by atoms with Gasteiger partial charge in [-0.15, -0.1) is 0 Å². The molecule has 0 atom stereocenters. The van der Waals surface area contributed by atoms with Crippen LogP contribution in [0, 0.1) is 17.6 Å². The second-order valence-corrected chi connectivity index (χ2v) is 5.17. The van der Waals surface area contributed by atoms with Gasteiger partial charge < -0.3 is 10.1 Å². The van der Waals surface area contributed by atoms with Crippen LogP contribution in [0.3, 0.4) is 0 Å². The van der Waals surface area contributed by atoms with Crippen LogP contribution in [-0.2, 0) is 9.53 Å². The number of benzene rings is 1. The first-order chi connectivity index (χ1) is 10.0. The van der Waals surface area contributed by atoms with Gasteiger partial charge in [-0.05, 0) is 43.9 Å². The van der Waals surface area contributed by atoms with Gasteiger partial charge in [0.1, 0.15) is 11.6 Å². The van der Waals surface area contributed by atoms with Gasteiger partial charge in [-0.3, -0.25) is 9.59 Å². The van der Waals surface area contributed by atoms with E-state index < -0.39 is 17.5 Å². The summed E-state index contributed by atoms with van der Waals surface area (Å²) >= 11 is 0. The molecule has 0 saturated heterocycles. The maximum absolute atomic E-state index is 13.5. The number of halogens is 2. The molecule has 1 aromatic carbocycles. The first-order valence-corrected chi connectivity index (χ1v) is 6.85. The van der Waals surface area contributed by atoms with E-state index in [9.17, 15) is 18.4 Å². The molecule has 0 unspecified atom stereocenters. The molecule has 2 rings (SSSR count). The zero-order valence-corrected chi connectivity index (χ0v) is 11.7. The molecule has 1 saturated carbocycles. The van der Waals surface area contributed by atoms with Crippen LogP contribution in [0.15, 0.2) is 18.2 Å². The molecule has 4 nitrogen and oxygen atoms in total. The van der Waals surface area contributed by atoms with E-state index in [1.165, 1.54) is 7.11 Å². The van der Waals surface area contributed by atoms with Gasteiger partial charge in [0.15, 0.2) is 0 Å². The Hall–Kier alpha value is -1.98. The number of hydrogen-bond acceptors (Lipinski definition) is 3. The summed E-state index contributed by atoms with van der Waals surface area (Å²) in [6.45, 7) is 0. The molecule has 1 fully saturated rings. The zero-order valence-electron chi connectivity index (χ0n) is 11.7. The lowest BCUT2D eigenvalue weighted by Crippen LogP contribution is -2.39. The molecule has 0 bridgehead atoms. The van der Waals surface area contributed by atoms with Crippen LogP contribution in [0.5, 0.6) is 0 Å². The standard InChI is InChI=1S/C15H17F2NO3/c1-21-15(20)9-2-5-11(6-3-9)18-14(19)12-8-10(16)4-7-13(12)17/h4,7-9,11H,2-3,5-6H2,1H3,(H,18,19). The van der Waals surface area contributed by atoms with Crippen LogP contribution in [0.25, 0.3) is 0 Å². The van der Waals surface area contributed by atoms with E-state index in [-0.39, 0.29) is 23.5 Å². The third-order valence-electron chi connectivity index (χ3n) is 3.77. The smallest absolute Gasteiger partial charge is 0.308 e. The molecule has 0 spiro atoms. The summed E-state index contributed by atoms with van der Waals surface area (Å²) in [6, 6.07) is 2.64. The van der Waals surface area contributed by atoms with Crippen molar-refractivity contribution in [3.8, 4) is 0 Å². The average molecular weight is 297 g/mol. The minimum atomic E-state index is -0.753. The van der Waals surface area contributed by atoms with Crippen molar-refractivity contribution in [2.24, 2.45) is 5.92 Å². The largest absolute Gasteiger partial charge is 0.469 e. The van der Waals surface area contributed by atoms with Crippen molar-refractivity contribution in [3.63, 3.8) is 0 Å². The topological polar surface area (TPSA) is 55.4 Å². The summed E-state index contributed by atoms with van der Waals surface area (Å²) in [7, 11) is 1.35. The number of esters is 1. The van der Waals surface area contributed by atoms with Gasteiger partial charge in [-0.1, -0.05) is 0 Å². The number of hydrogen-bond donors (Lipinski definition) is 1. The summed E-state index contributed by atoms with van der Waals surface area (Å²) in [4.78, 5) is 23.3. The Kier molecular flexibility index (Phi) is 4.88. The molecule has 1 N–H and O–H groups in total. The Bertz CT molecular complexity index is 540. The Labute approximate surface area is 121 Å². The van der Waals surface area contributed by atoms with Crippen molar-refractivity contribution < 1.29 is 23.1 Å². The fourth-order valence-corrected chi connectivity index (χ4v) is 2.57. The van der Waals surface area contributed by atoms with Gasteiger partial charge in [0.05, 0.1) is 18.6 Å². The van der Waals surface area contributed by atoms with Crippen molar-refractivity contribution in [1.29, 1.82) is 0 Å². The second kappa shape index (κ2) is 6.65. The van der Waals surface area contributed by atoms with Crippen LogP contribution < -0.4 is 5.32 Å². The lowest BCUT2D eigenvalue weighted by atomic mass is 9.86. The molecule has 0 aliphatic heterocycles. The summed E-state index contributed by atoms with van der Waals surface area (Å²) in [5.41, 5.74) is -0.301. The minimum absolute atomic E-state index is 0.138. The van der Waals surface area contributed by atoms with Crippen molar-refractivity contribution in [3.05, 3.63) is 35.4 Å². The lowest BCUT2D eigenvalue weighted by Gasteiger charge is -2.27. The molecule has 0 heterocycles. The molecule has 1 aromatic rings. The number of amides is 1. The third-order valence-corrected chi connectivity index (χ3v) is 3.77. The highest BCUT2D eigenvalue weighted by Crippen LogP contribution is 2.25. The van der Waals surface area contributed by atoms with Crippen LogP contribution in [0.2, 0.25) is 0 Å². The molecule has 0 aromatic heterocycles. The Balaban J connectivity index is 1.93. The van der Waals surface area contributed by atoms with Crippen molar-refractivity contribution in [1.82, 2.24) is 5.32 Å². The fourth-order valence-electron chi connectivity index (χ4n) is 2.57. The van der Waals surface area contributed by atoms with Crippen LogP contribution in [0.4, 0.5) is 8.78 Å². The van der Waals surface area contributed by atoms with Gasteiger partial charge in [-0.25, -0.2) is 8.78 Å². The van der Waals surface area contributed by atoms with Gasteiger partial charge in [-0.2, -0.15) is 0 Å². The quantitative estimate of drug-likeness (QED) is 0.872. The number of carbonyl (C=O) groups is 2. The third kappa shape index (κ3) is 3.77. The van der Waals surface area contributed by atoms with Crippen LogP contribution in [-0.4, -0.2) is 25.0 Å². The van der Waals surface area contributed by atoms with Gasteiger partial charge in [0.2, 0.25) is 0 Å². The Morgan fingerprint density at radius 3 is 2.48 bits per heavy atom. The van der Waals surface area contributed by atoms with Gasteiger partial charge >= 0.3 is 5.97 Å². The summed E-state index contributed by atoms with van der Waals surface area (Å²) in [5.74, 6) is -2.42. The first kappa shape index (κ1) is 15.4. The Morgan fingerprint density at radius 1 is 1.19 bits per heavy atom. The van der Waals surface area contributed by atoms with E-state index in [0.29, 0.717) is 25.7 Å². The molecule has 6 heteroatoms. The lowest BCUT2D eigenvalue weighted by molar-refractivity contribution is -0.146. The Morgan fingerprint density at radius 2 is 1.86 bits per heavy atom. The highest BCUT2D eigenvalue weighted by molar-refractivity contribution is 5.94. The molecule has 1 aliphatic rings. The van der Waals surface area contributed by atoms with E-state index in [1.807, 2.05) is 0 Å². The number of ether oxygens (including phenoxy) is 1. The van der Waals surface area contributed by atoms with E-state index in [1.54, 1.807) is 0 Å². The highest BCUT2D eigenvalue weighted by atomic mass is 19.1. The zero-order chi connectivity index (χ0) is 15.4. The maximum atomic E-state index is 13.5. The van der Waals surface area contributed by atoms with Crippen LogP contribution >= 0.6 is 0 Å². The summed E-state index contributed by atoms with van der Waals surface area (Å²) in [5, 5.41) is 2.68. The van der Waals surface area contributed by atoms with E-state index in [0.717, 1.165) is 18.2 Å². The fraction of sp³-hybridized carbons (Fsp3) is 0.467. The van der Waals surface area contributed by atoms with E-state index >= 15 is 0 Å². The predicted octanol–water partition coefficient (Wildman–Crippen LogP) is 2.43. The average Bonchev–Trinajstić information content (AvgIpc) is 2.49. The summed E-state index contributed by atoms with van der Waals surface area (Å²) < 4.78 is 31.3. The van der Waals surface area contributed by atoms with Crippen LogP contribution in [0.1, 0.15) is 36.0 Å². The molecule has 114 valence electrons. The SMILES string of the molecule is COC(=O)C1CCC(NC(=O)c2cc(F)ccc2F)CC1. The van der Waals surface area contributed by atoms with Crippen molar-refractivity contribution >= 4 is 11.9 Å². The number of rotatable bonds is 3. The number of nitrogens with one attached hydrogen (secondary N) is 1. The predicted molar refractivity (Wildman–Crippen MR) is 71.6 cm³/mol. The number of methoxy groups -OCH3 is 1.